The second-order valence-electron chi connectivity index (χ2n) is 3.07. The van der Waals surface area contributed by atoms with Crippen molar-refractivity contribution < 1.29 is 25.7 Å². The number of ether oxygens (including phenoxy) is 1. The quantitative estimate of drug-likeness (QED) is 0.519. The molecule has 2 nitrogen and oxygen atoms in total. The molecule has 10 heavy (non-hydrogen) atoms. The molecule has 0 radical (unpaired) electrons. The average Bonchev–Trinajstić information content (AvgIpc) is 1.80. The van der Waals surface area contributed by atoms with Gasteiger partial charge in [0.25, 0.3) is 0 Å². The molecule has 0 saturated heterocycles. The molecule has 0 saturated carbocycles. The van der Waals surface area contributed by atoms with E-state index in [1.54, 1.807) is 0 Å². The van der Waals surface area contributed by atoms with Gasteiger partial charge in [0.1, 0.15) is 0 Å². The second-order valence-corrected chi connectivity index (χ2v) is 6.69. The molecule has 0 fully saturated rings. The van der Waals surface area contributed by atoms with E-state index in [0.29, 0.717) is 5.20 Å². The van der Waals surface area contributed by atoms with Gasteiger partial charge in [-0.05, 0) is 0 Å². The van der Waals surface area contributed by atoms with Gasteiger partial charge in [-0.3, -0.25) is 0 Å². The molecule has 0 heterocycles. The van der Waals surface area contributed by atoms with E-state index in [4.69, 9.17) is 14.4 Å². The molecule has 56 valence electrons. The third-order valence-corrected chi connectivity index (χ3v) is 2.48. The first-order chi connectivity index (χ1) is 4.48. The molecule has 0 aliphatic carbocycles. The van der Waals surface area contributed by atoms with E-state index in [1.165, 1.54) is 0 Å². The fourth-order valence-electron chi connectivity index (χ4n) is 0.348. The number of carbonyl (C=O) groups excluding carboxylic acids is 1. The van der Waals surface area contributed by atoms with Crippen molar-refractivity contribution in [3.8, 4) is 0 Å². The van der Waals surface area contributed by atoms with E-state index < -0.39 is 16.1 Å². The van der Waals surface area contributed by atoms with Crippen LogP contribution in [0.5, 0.6) is 0 Å². The molecule has 0 rings (SSSR count). The molecule has 0 atom stereocenters. The molecule has 0 amide bonds. The first-order valence-corrected chi connectivity index (χ1v) is 9.21. The van der Waals surface area contributed by atoms with Crippen LogP contribution in [-0.2, 0) is 25.7 Å². The van der Waals surface area contributed by atoms with Crippen molar-refractivity contribution in [1.82, 2.24) is 0 Å². The Labute approximate surface area is 72.9 Å². The maximum absolute atomic E-state index is 11.0. The van der Waals surface area contributed by atoms with E-state index in [1.807, 2.05) is 20.8 Å². The molecule has 0 N–H and O–H groups in total. The van der Waals surface area contributed by atoms with Crippen LogP contribution in [0.15, 0.2) is 0 Å². The predicted molar refractivity (Wildman–Crippen MR) is 36.3 cm³/mol. The monoisotopic (exact) mass is 214 g/mol. The van der Waals surface area contributed by atoms with Crippen LogP contribution in [0.1, 0.15) is 20.8 Å². The summed E-state index contributed by atoms with van der Waals surface area (Å²) < 4.78 is 4.87. The molecule has 0 aromatic rings. The van der Waals surface area contributed by atoms with Gasteiger partial charge in [0.15, 0.2) is 0 Å². The van der Waals surface area contributed by atoms with Crippen LogP contribution in [0, 0.1) is 5.41 Å². The van der Waals surface area contributed by atoms with Crippen LogP contribution in [0.25, 0.3) is 0 Å². The van der Waals surface area contributed by atoms with Crippen LogP contribution in [0.3, 0.4) is 0 Å². The summed E-state index contributed by atoms with van der Waals surface area (Å²) in [6, 6.07) is 0. The number of hydrogen-bond donors (Lipinski definition) is 0. The fraction of sp³-hybridized carbons (Fsp3) is 0.833. The molecule has 0 spiro atoms. The Morgan fingerprint density at radius 1 is 1.60 bits per heavy atom. The van der Waals surface area contributed by atoms with Crippen molar-refractivity contribution in [3.05, 3.63) is 0 Å². The van der Waals surface area contributed by atoms with Crippen molar-refractivity contribution in [2.75, 3.05) is 5.20 Å². The minimum atomic E-state index is -1.01. The predicted octanol–water partition coefficient (Wildman–Crippen LogP) is 1.77. The average molecular weight is 216 g/mol. The zero-order valence-corrected chi connectivity index (χ0v) is 10.3. The summed E-state index contributed by atoms with van der Waals surface area (Å²) >= 11 is -1.01. The molecule has 0 aromatic carbocycles. The molecular formula is C6H11ClO2Zn. The number of halogens is 1. The van der Waals surface area contributed by atoms with E-state index in [0.717, 1.165) is 0 Å². The van der Waals surface area contributed by atoms with E-state index in [2.05, 4.69) is 0 Å². The molecule has 0 aliphatic heterocycles. The summed E-state index contributed by atoms with van der Waals surface area (Å²) in [6.45, 7) is 5.49. The van der Waals surface area contributed by atoms with Crippen molar-refractivity contribution in [2.45, 2.75) is 20.8 Å². The number of hydrogen-bond acceptors (Lipinski definition) is 2. The van der Waals surface area contributed by atoms with E-state index in [9.17, 15) is 4.79 Å². The second kappa shape index (κ2) is 4.30. The van der Waals surface area contributed by atoms with Crippen molar-refractivity contribution >= 4 is 15.7 Å². The summed E-state index contributed by atoms with van der Waals surface area (Å²) in [5.74, 6) is -0.154. The normalized spacial score (nSPS) is 10.4. The van der Waals surface area contributed by atoms with Gasteiger partial charge in [0.2, 0.25) is 0 Å². The van der Waals surface area contributed by atoms with Crippen LogP contribution in [0.2, 0.25) is 0 Å². The van der Waals surface area contributed by atoms with Crippen LogP contribution in [-0.4, -0.2) is 11.2 Å². The van der Waals surface area contributed by atoms with Gasteiger partial charge in [-0.25, -0.2) is 0 Å². The Bertz CT molecular complexity index is 119. The first kappa shape index (κ1) is 10.4. The Hall–Kier alpha value is 0.383. The van der Waals surface area contributed by atoms with Gasteiger partial charge < -0.3 is 0 Å². The Kier molecular flexibility index (Phi) is 4.47. The third-order valence-electron chi connectivity index (χ3n) is 0.923. The zero-order chi connectivity index (χ0) is 8.20. The molecule has 0 bridgehead atoms. The van der Waals surface area contributed by atoms with Crippen LogP contribution < -0.4 is 0 Å². The van der Waals surface area contributed by atoms with Gasteiger partial charge in [-0.15, -0.1) is 0 Å². The Morgan fingerprint density at radius 3 is 2.40 bits per heavy atom. The molecular weight excluding hydrogens is 205 g/mol. The molecule has 0 aliphatic rings. The fourth-order valence-corrected chi connectivity index (χ4v) is 1.30. The van der Waals surface area contributed by atoms with Crippen molar-refractivity contribution in [2.24, 2.45) is 5.41 Å². The van der Waals surface area contributed by atoms with Gasteiger partial charge in [-0.2, -0.15) is 0 Å². The Balaban J connectivity index is 3.64. The Morgan fingerprint density at radius 2 is 2.10 bits per heavy atom. The number of carbonyl (C=O) groups is 1. The van der Waals surface area contributed by atoms with Gasteiger partial charge in [0.05, 0.1) is 0 Å². The first-order valence-electron chi connectivity index (χ1n) is 3.21. The summed E-state index contributed by atoms with van der Waals surface area (Å²) in [7, 11) is 5.51. The molecule has 4 heteroatoms. The van der Waals surface area contributed by atoms with Crippen molar-refractivity contribution in [3.63, 3.8) is 0 Å². The SMILES string of the molecule is CC(C)(C)C(=O)O[CH2][Zn][Cl]. The van der Waals surface area contributed by atoms with Gasteiger partial charge in [0, 0.05) is 0 Å². The van der Waals surface area contributed by atoms with Crippen LogP contribution >= 0.6 is 9.69 Å². The van der Waals surface area contributed by atoms with Crippen LogP contribution in [0.4, 0.5) is 0 Å². The minimum absolute atomic E-state index is 0.154. The summed E-state index contributed by atoms with van der Waals surface area (Å²) in [6.07, 6.45) is 0. The summed E-state index contributed by atoms with van der Waals surface area (Å²) in [4.78, 5) is 11.0. The van der Waals surface area contributed by atoms with Crippen molar-refractivity contribution in [1.29, 1.82) is 0 Å². The van der Waals surface area contributed by atoms with E-state index in [-0.39, 0.29) is 11.4 Å². The third kappa shape index (κ3) is 4.24. The topological polar surface area (TPSA) is 26.3 Å². The standard InChI is InChI=1S/C6H11O2.ClH.Zn/c1-6(2,3)5(7)8-4;;/h4H2,1-3H3;1H;/q;;+1/p-1. The molecule has 0 unspecified atom stereocenters. The maximum atomic E-state index is 11.0. The molecule has 0 aromatic heterocycles. The van der Waals surface area contributed by atoms with Gasteiger partial charge >= 0.3 is 72.7 Å². The van der Waals surface area contributed by atoms with Gasteiger partial charge in [-0.1, -0.05) is 0 Å². The van der Waals surface area contributed by atoms with E-state index >= 15 is 0 Å². The summed E-state index contributed by atoms with van der Waals surface area (Å²) in [5, 5.41) is 0.491. The number of rotatable bonds is 2. The number of esters is 1. The summed E-state index contributed by atoms with van der Waals surface area (Å²) in [5.41, 5.74) is -0.381. The zero-order valence-electron chi connectivity index (χ0n) is 6.61.